The zero-order chi connectivity index (χ0) is 9.99. The first kappa shape index (κ1) is 12.0. The summed E-state index contributed by atoms with van der Waals surface area (Å²) >= 11 is 0. The van der Waals surface area contributed by atoms with Crippen LogP contribution in [0.5, 0.6) is 0 Å². The maximum atomic E-state index is 9.66. The Labute approximate surface area is 78.2 Å². The molecule has 0 radical (unpaired) electrons. The van der Waals surface area contributed by atoms with E-state index >= 15 is 0 Å². The molecule has 1 unspecified atom stereocenters. The van der Waals surface area contributed by atoms with Gasteiger partial charge >= 0.3 is 0 Å². The van der Waals surface area contributed by atoms with Gasteiger partial charge in [-0.25, -0.2) is 0 Å². The van der Waals surface area contributed by atoms with Crippen LogP contribution in [0.1, 0.15) is 0 Å². The largest absolute Gasteiger partial charge is 0.384 e. The van der Waals surface area contributed by atoms with Crippen LogP contribution in [0, 0.1) is 11.5 Å². The summed E-state index contributed by atoms with van der Waals surface area (Å²) in [5.41, 5.74) is 2.84. The highest BCUT2D eigenvalue weighted by Crippen LogP contribution is 2.06. The molecule has 0 saturated heterocycles. The summed E-state index contributed by atoms with van der Waals surface area (Å²) in [6.45, 7) is 13.0. The summed E-state index contributed by atoms with van der Waals surface area (Å²) in [7, 11) is -2.75. The molecule has 0 rings (SSSR count). The van der Waals surface area contributed by atoms with E-state index < -0.39 is 16.1 Å². The van der Waals surface area contributed by atoms with Crippen molar-refractivity contribution in [2.45, 2.75) is 45.0 Å². The van der Waals surface area contributed by atoms with Crippen molar-refractivity contribution < 1.29 is 5.11 Å². The zero-order valence-corrected chi connectivity index (χ0v) is 11.0. The molecule has 0 aromatic carbocycles. The highest BCUT2D eigenvalue weighted by Gasteiger charge is 2.22. The first-order valence-electron chi connectivity index (χ1n) is 4.34. The fraction of sp³-hybridized carbons (Fsp3) is 0.778. The van der Waals surface area contributed by atoms with Gasteiger partial charge in [0.05, 0.1) is 8.07 Å². The average molecular weight is 200 g/mol. The van der Waals surface area contributed by atoms with Gasteiger partial charge in [-0.2, -0.15) is 0 Å². The van der Waals surface area contributed by atoms with Gasteiger partial charge in [0.15, 0.2) is 0 Å². The first-order chi connectivity index (χ1) is 5.13. The molecule has 1 atom stereocenters. The Morgan fingerprint density at radius 3 is 1.67 bits per heavy atom. The van der Waals surface area contributed by atoms with Crippen LogP contribution in [0.3, 0.4) is 0 Å². The number of hydrogen-bond donors (Lipinski definition) is 1. The molecule has 0 spiro atoms. The monoisotopic (exact) mass is 200 g/mol. The fourth-order valence-electron chi connectivity index (χ4n) is 0.501. The summed E-state index contributed by atoms with van der Waals surface area (Å²) in [5, 5.41) is 9.66. The lowest BCUT2D eigenvalue weighted by Gasteiger charge is -2.18. The van der Waals surface area contributed by atoms with Gasteiger partial charge in [0.2, 0.25) is 0 Å². The zero-order valence-electron chi connectivity index (χ0n) is 9.02. The van der Waals surface area contributed by atoms with Crippen molar-refractivity contribution in [2.24, 2.45) is 0 Å². The third-order valence-corrected chi connectivity index (χ3v) is 4.08. The van der Waals surface area contributed by atoms with E-state index in [1.807, 2.05) is 0 Å². The first-order valence-corrected chi connectivity index (χ1v) is 11.4. The van der Waals surface area contributed by atoms with Crippen molar-refractivity contribution in [3.8, 4) is 11.5 Å². The molecule has 70 valence electrons. The molecule has 0 aromatic heterocycles. The van der Waals surface area contributed by atoms with Crippen molar-refractivity contribution in [3.05, 3.63) is 0 Å². The number of aliphatic hydroxyl groups excluding tert-OH is 1. The Kier molecular flexibility index (Phi) is 3.76. The molecule has 0 saturated carbocycles. The van der Waals surface area contributed by atoms with Crippen LogP contribution in [-0.4, -0.2) is 27.0 Å². The summed E-state index contributed by atoms with van der Waals surface area (Å²) in [5.74, 6) is 2.99. The Bertz CT molecular complexity index is 199. The molecule has 0 amide bonds. The highest BCUT2D eigenvalue weighted by atomic mass is 28.3. The standard InChI is InChI=1S/C9H20OSi2/c1-11(2,3)8-7-9(10)12(4,5)6/h9-10H,1-6H3. The van der Waals surface area contributed by atoms with E-state index in [2.05, 4.69) is 50.7 Å². The number of hydrogen-bond acceptors (Lipinski definition) is 1. The molecule has 1 nitrogen and oxygen atoms in total. The van der Waals surface area contributed by atoms with E-state index in [0.29, 0.717) is 0 Å². The summed E-state index contributed by atoms with van der Waals surface area (Å²) < 4.78 is 0. The predicted octanol–water partition coefficient (Wildman–Crippen LogP) is 2.11. The SMILES string of the molecule is C[Si](C)(C)C#CC(O)[Si](C)(C)C. The minimum atomic E-state index is -1.46. The van der Waals surface area contributed by atoms with E-state index in [4.69, 9.17) is 0 Å². The van der Waals surface area contributed by atoms with Crippen LogP contribution < -0.4 is 0 Å². The van der Waals surface area contributed by atoms with Gasteiger partial charge in [0.25, 0.3) is 0 Å². The molecule has 0 aliphatic carbocycles. The third-order valence-electron chi connectivity index (χ3n) is 1.40. The molecule has 0 aliphatic rings. The van der Waals surface area contributed by atoms with Crippen molar-refractivity contribution in [3.63, 3.8) is 0 Å². The van der Waals surface area contributed by atoms with Gasteiger partial charge in [-0.05, 0) is 0 Å². The lowest BCUT2D eigenvalue weighted by atomic mass is 10.7. The Hall–Kier alpha value is -0.0462. The average Bonchev–Trinajstić information content (AvgIpc) is 1.78. The molecule has 0 aliphatic heterocycles. The smallest absolute Gasteiger partial charge is 0.129 e. The molecule has 0 heterocycles. The van der Waals surface area contributed by atoms with E-state index in [-0.39, 0.29) is 5.73 Å². The summed E-state index contributed by atoms with van der Waals surface area (Å²) in [4.78, 5) is 0. The maximum Gasteiger partial charge on any atom is 0.129 e. The van der Waals surface area contributed by atoms with E-state index in [9.17, 15) is 5.11 Å². The molecular weight excluding hydrogens is 180 g/mol. The van der Waals surface area contributed by atoms with Crippen LogP contribution in [0.15, 0.2) is 0 Å². The van der Waals surface area contributed by atoms with Gasteiger partial charge in [-0.1, -0.05) is 45.2 Å². The Morgan fingerprint density at radius 1 is 1.00 bits per heavy atom. The normalized spacial score (nSPS) is 14.9. The Morgan fingerprint density at radius 2 is 1.42 bits per heavy atom. The second-order valence-electron chi connectivity index (χ2n) is 5.29. The van der Waals surface area contributed by atoms with E-state index in [1.54, 1.807) is 0 Å². The van der Waals surface area contributed by atoms with Crippen LogP contribution in [-0.2, 0) is 0 Å². The third kappa shape index (κ3) is 5.58. The molecule has 3 heteroatoms. The van der Waals surface area contributed by atoms with E-state index in [0.717, 1.165) is 0 Å². The van der Waals surface area contributed by atoms with Crippen LogP contribution in [0.2, 0.25) is 39.3 Å². The fourth-order valence-corrected chi connectivity index (χ4v) is 1.72. The molecule has 0 aromatic rings. The van der Waals surface area contributed by atoms with E-state index in [1.165, 1.54) is 0 Å². The van der Waals surface area contributed by atoms with Crippen LogP contribution in [0.4, 0.5) is 0 Å². The lowest BCUT2D eigenvalue weighted by Crippen LogP contribution is -2.37. The van der Waals surface area contributed by atoms with Gasteiger partial charge < -0.3 is 5.11 Å². The minimum absolute atomic E-state index is 0.357. The van der Waals surface area contributed by atoms with Crippen LogP contribution in [0.25, 0.3) is 0 Å². The number of aliphatic hydroxyl groups is 1. The highest BCUT2D eigenvalue weighted by molar-refractivity contribution is 6.84. The van der Waals surface area contributed by atoms with Gasteiger partial charge in [0.1, 0.15) is 13.8 Å². The summed E-state index contributed by atoms with van der Waals surface area (Å²) in [6.07, 6.45) is 0. The van der Waals surface area contributed by atoms with Gasteiger partial charge in [0, 0.05) is 0 Å². The van der Waals surface area contributed by atoms with Crippen LogP contribution >= 0.6 is 0 Å². The van der Waals surface area contributed by atoms with Crippen molar-refractivity contribution in [2.75, 3.05) is 0 Å². The molecule has 1 N–H and O–H groups in total. The quantitative estimate of drug-likeness (QED) is 0.508. The lowest BCUT2D eigenvalue weighted by molar-refractivity contribution is 0.300. The van der Waals surface area contributed by atoms with Gasteiger partial charge in [-0.3, -0.25) is 0 Å². The second-order valence-corrected chi connectivity index (χ2v) is 15.3. The molecule has 0 fully saturated rings. The Balaban J connectivity index is 4.34. The maximum absolute atomic E-state index is 9.66. The topological polar surface area (TPSA) is 20.2 Å². The number of rotatable bonds is 1. The van der Waals surface area contributed by atoms with Crippen molar-refractivity contribution in [1.82, 2.24) is 0 Å². The van der Waals surface area contributed by atoms with Crippen molar-refractivity contribution in [1.29, 1.82) is 0 Å². The second kappa shape index (κ2) is 3.78. The predicted molar refractivity (Wildman–Crippen MR) is 60.5 cm³/mol. The molecule has 0 bridgehead atoms. The van der Waals surface area contributed by atoms with Gasteiger partial charge in [-0.15, -0.1) is 5.54 Å². The molecule has 12 heavy (non-hydrogen) atoms. The summed E-state index contributed by atoms with van der Waals surface area (Å²) in [6, 6.07) is 0. The van der Waals surface area contributed by atoms with Crippen molar-refractivity contribution >= 4 is 16.1 Å². The minimum Gasteiger partial charge on any atom is -0.384 e. The molecular formula is C9H20OSi2.